The molecule has 8 heteroatoms. The standard InChI is InChI=1S/C17H27N3O3.2ClH/c1-20(2)7-9-23-16-5-3-4-14(10-16)12-19-17(21)11-15-13-22-8-6-18-15;;/h3-5,10,15,18H,6-9,11-13H2,1-2H3,(H,19,21);2*1H. The third kappa shape index (κ3) is 9.87. The van der Waals surface area contributed by atoms with Gasteiger partial charge >= 0.3 is 0 Å². The number of likely N-dealkylation sites (N-methyl/N-ethyl adjacent to an activating group) is 1. The third-order valence-corrected chi connectivity index (χ3v) is 3.63. The fourth-order valence-electron chi connectivity index (χ4n) is 2.34. The van der Waals surface area contributed by atoms with Gasteiger partial charge in [0, 0.05) is 32.1 Å². The first-order valence-corrected chi connectivity index (χ1v) is 8.08. The van der Waals surface area contributed by atoms with Crippen molar-refractivity contribution in [3.05, 3.63) is 29.8 Å². The topological polar surface area (TPSA) is 62.8 Å². The summed E-state index contributed by atoms with van der Waals surface area (Å²) in [5, 5.41) is 6.23. The zero-order valence-electron chi connectivity index (χ0n) is 14.8. The second-order valence-corrected chi connectivity index (χ2v) is 6.01. The zero-order chi connectivity index (χ0) is 16.5. The van der Waals surface area contributed by atoms with Crippen molar-refractivity contribution in [3.63, 3.8) is 0 Å². The molecule has 1 aliphatic heterocycles. The van der Waals surface area contributed by atoms with Crippen LogP contribution in [0.2, 0.25) is 0 Å². The zero-order valence-corrected chi connectivity index (χ0v) is 16.5. The van der Waals surface area contributed by atoms with Crippen molar-refractivity contribution in [2.75, 3.05) is 47.0 Å². The summed E-state index contributed by atoms with van der Waals surface area (Å²) >= 11 is 0. The van der Waals surface area contributed by atoms with Crippen LogP contribution in [0.5, 0.6) is 5.75 Å². The highest BCUT2D eigenvalue weighted by atomic mass is 35.5. The summed E-state index contributed by atoms with van der Waals surface area (Å²) in [6.45, 7) is 4.16. The first-order chi connectivity index (χ1) is 11.1. The minimum absolute atomic E-state index is 0. The highest BCUT2D eigenvalue weighted by Crippen LogP contribution is 2.13. The molecule has 1 aromatic carbocycles. The van der Waals surface area contributed by atoms with Crippen LogP contribution in [0, 0.1) is 0 Å². The maximum absolute atomic E-state index is 12.0. The first kappa shape index (κ1) is 23.9. The third-order valence-electron chi connectivity index (χ3n) is 3.63. The first-order valence-electron chi connectivity index (χ1n) is 8.08. The molecule has 1 fully saturated rings. The lowest BCUT2D eigenvalue weighted by Crippen LogP contribution is -2.44. The second kappa shape index (κ2) is 13.2. The molecule has 1 aliphatic rings. The molecule has 1 amide bonds. The lowest BCUT2D eigenvalue weighted by molar-refractivity contribution is -0.122. The van der Waals surface area contributed by atoms with E-state index in [4.69, 9.17) is 9.47 Å². The number of rotatable bonds is 8. The maximum Gasteiger partial charge on any atom is 0.221 e. The van der Waals surface area contributed by atoms with E-state index in [1.54, 1.807) is 0 Å². The number of ether oxygens (including phenoxy) is 2. The predicted octanol–water partition coefficient (Wildman–Crippen LogP) is 1.47. The van der Waals surface area contributed by atoms with E-state index in [0.29, 0.717) is 26.2 Å². The van der Waals surface area contributed by atoms with Gasteiger partial charge in [-0.25, -0.2) is 0 Å². The summed E-state index contributed by atoms with van der Waals surface area (Å²) in [5.74, 6) is 0.868. The van der Waals surface area contributed by atoms with Crippen LogP contribution in [-0.2, 0) is 16.1 Å². The van der Waals surface area contributed by atoms with Crippen LogP contribution in [0.15, 0.2) is 24.3 Å². The van der Waals surface area contributed by atoms with Gasteiger partial charge in [0.2, 0.25) is 5.91 Å². The van der Waals surface area contributed by atoms with Crippen LogP contribution in [-0.4, -0.2) is 63.9 Å². The minimum atomic E-state index is 0. The summed E-state index contributed by atoms with van der Waals surface area (Å²) in [5.41, 5.74) is 1.04. The quantitative estimate of drug-likeness (QED) is 0.699. The molecule has 1 saturated heterocycles. The van der Waals surface area contributed by atoms with E-state index in [2.05, 4.69) is 15.5 Å². The van der Waals surface area contributed by atoms with Gasteiger partial charge in [0.1, 0.15) is 12.4 Å². The number of nitrogens with zero attached hydrogens (tertiary/aromatic N) is 1. The van der Waals surface area contributed by atoms with Gasteiger partial charge in [-0.15, -0.1) is 24.8 Å². The smallest absolute Gasteiger partial charge is 0.221 e. The number of carbonyl (C=O) groups is 1. The minimum Gasteiger partial charge on any atom is -0.492 e. The number of nitrogens with one attached hydrogen (secondary N) is 2. The molecule has 1 aromatic rings. The molecular formula is C17H29Cl2N3O3. The molecular weight excluding hydrogens is 365 g/mol. The Morgan fingerprint density at radius 1 is 1.40 bits per heavy atom. The van der Waals surface area contributed by atoms with E-state index in [1.165, 1.54) is 0 Å². The summed E-state index contributed by atoms with van der Waals surface area (Å²) < 4.78 is 11.1. The van der Waals surface area contributed by atoms with Gasteiger partial charge in [-0.3, -0.25) is 4.79 Å². The number of halogens is 2. The fraction of sp³-hybridized carbons (Fsp3) is 0.588. The van der Waals surface area contributed by atoms with Crippen LogP contribution in [0.3, 0.4) is 0 Å². The number of carbonyl (C=O) groups excluding carboxylic acids is 1. The molecule has 2 rings (SSSR count). The summed E-state index contributed by atoms with van der Waals surface area (Å²) in [7, 11) is 4.03. The molecule has 144 valence electrons. The average molecular weight is 394 g/mol. The fourth-order valence-corrected chi connectivity index (χ4v) is 2.34. The number of morpholine rings is 1. The summed E-state index contributed by atoms with van der Waals surface area (Å²) in [6, 6.07) is 7.95. The van der Waals surface area contributed by atoms with Crippen LogP contribution < -0.4 is 15.4 Å². The van der Waals surface area contributed by atoms with Gasteiger partial charge in [-0.2, -0.15) is 0 Å². The molecule has 0 aliphatic carbocycles. The molecule has 1 atom stereocenters. The summed E-state index contributed by atoms with van der Waals surface area (Å²) in [6.07, 6.45) is 0.443. The number of benzene rings is 1. The van der Waals surface area contributed by atoms with E-state index in [9.17, 15) is 4.79 Å². The van der Waals surface area contributed by atoms with E-state index >= 15 is 0 Å². The average Bonchev–Trinajstić information content (AvgIpc) is 2.54. The molecule has 2 N–H and O–H groups in total. The van der Waals surface area contributed by atoms with E-state index in [0.717, 1.165) is 31.0 Å². The molecule has 6 nitrogen and oxygen atoms in total. The Balaban J connectivity index is 0.00000288. The Morgan fingerprint density at radius 2 is 2.20 bits per heavy atom. The number of hydrogen-bond donors (Lipinski definition) is 2. The van der Waals surface area contributed by atoms with Crippen LogP contribution in [0.25, 0.3) is 0 Å². The van der Waals surface area contributed by atoms with Gasteiger partial charge in [-0.1, -0.05) is 12.1 Å². The predicted molar refractivity (Wildman–Crippen MR) is 104 cm³/mol. The molecule has 0 spiro atoms. The normalized spacial score (nSPS) is 16.5. The van der Waals surface area contributed by atoms with E-state index in [1.807, 2.05) is 38.4 Å². The Bertz CT molecular complexity index is 498. The van der Waals surface area contributed by atoms with Crippen LogP contribution in [0.4, 0.5) is 0 Å². The summed E-state index contributed by atoms with van der Waals surface area (Å²) in [4.78, 5) is 14.0. The molecule has 0 radical (unpaired) electrons. The van der Waals surface area contributed by atoms with Crippen molar-refractivity contribution >= 4 is 30.7 Å². The molecule has 25 heavy (non-hydrogen) atoms. The highest BCUT2D eigenvalue weighted by molar-refractivity contribution is 5.85. The van der Waals surface area contributed by atoms with Crippen LogP contribution in [0.1, 0.15) is 12.0 Å². The SMILES string of the molecule is CN(C)CCOc1cccc(CNC(=O)CC2COCCN2)c1.Cl.Cl. The van der Waals surface area contributed by atoms with Crippen molar-refractivity contribution in [2.24, 2.45) is 0 Å². The maximum atomic E-state index is 12.0. The highest BCUT2D eigenvalue weighted by Gasteiger charge is 2.16. The van der Waals surface area contributed by atoms with Gasteiger partial charge in [-0.05, 0) is 31.8 Å². The van der Waals surface area contributed by atoms with E-state index in [-0.39, 0.29) is 36.8 Å². The Hall–Kier alpha value is -1.05. The monoisotopic (exact) mass is 393 g/mol. The number of amides is 1. The molecule has 0 saturated carbocycles. The van der Waals surface area contributed by atoms with Gasteiger partial charge in [0.25, 0.3) is 0 Å². The van der Waals surface area contributed by atoms with Gasteiger partial charge in [0.05, 0.1) is 13.2 Å². The Morgan fingerprint density at radius 3 is 2.88 bits per heavy atom. The Labute approximate surface area is 162 Å². The van der Waals surface area contributed by atoms with Crippen molar-refractivity contribution in [1.29, 1.82) is 0 Å². The lowest BCUT2D eigenvalue weighted by Gasteiger charge is -2.23. The van der Waals surface area contributed by atoms with Gasteiger partial charge in [0.15, 0.2) is 0 Å². The molecule has 0 aromatic heterocycles. The van der Waals surface area contributed by atoms with Crippen molar-refractivity contribution in [3.8, 4) is 5.75 Å². The van der Waals surface area contributed by atoms with Crippen LogP contribution >= 0.6 is 24.8 Å². The lowest BCUT2D eigenvalue weighted by atomic mass is 10.1. The largest absolute Gasteiger partial charge is 0.492 e. The molecule has 1 heterocycles. The van der Waals surface area contributed by atoms with Crippen molar-refractivity contribution in [1.82, 2.24) is 15.5 Å². The molecule has 1 unspecified atom stereocenters. The second-order valence-electron chi connectivity index (χ2n) is 6.01. The van der Waals surface area contributed by atoms with E-state index < -0.39 is 0 Å². The molecule has 0 bridgehead atoms. The van der Waals surface area contributed by atoms with Crippen molar-refractivity contribution < 1.29 is 14.3 Å². The number of hydrogen-bond acceptors (Lipinski definition) is 5. The van der Waals surface area contributed by atoms with Crippen molar-refractivity contribution in [2.45, 2.75) is 19.0 Å². The Kier molecular flexibility index (Phi) is 12.6. The van der Waals surface area contributed by atoms with Gasteiger partial charge < -0.3 is 25.0 Å².